The van der Waals surface area contributed by atoms with Crippen LogP contribution in [0, 0.1) is 35.5 Å². The van der Waals surface area contributed by atoms with E-state index in [1.54, 1.807) is 0 Å². The highest BCUT2D eigenvalue weighted by Crippen LogP contribution is 2.62. The molecule has 6 aliphatic rings. The number of aliphatic carboxylic acids is 1. The third-order valence-corrected chi connectivity index (χ3v) is 8.02. The van der Waals surface area contributed by atoms with Crippen LogP contribution in [-0.4, -0.2) is 47.3 Å². The molecule has 5 atom stereocenters. The summed E-state index contributed by atoms with van der Waals surface area (Å²) in [5.41, 5.74) is 3.21. The van der Waals surface area contributed by atoms with Crippen molar-refractivity contribution < 1.29 is 38.1 Å². The van der Waals surface area contributed by atoms with Crippen molar-refractivity contribution in [3.63, 3.8) is 0 Å². The molecule has 6 saturated carbocycles. The van der Waals surface area contributed by atoms with Crippen molar-refractivity contribution in [3.05, 3.63) is 0 Å². The molecule has 0 spiro atoms. The van der Waals surface area contributed by atoms with Gasteiger partial charge in [-0.05, 0) is 68.6 Å². The summed E-state index contributed by atoms with van der Waals surface area (Å²) in [4.78, 5) is 35.7. The zero-order chi connectivity index (χ0) is 20.6. The standard InChI is InChI=1S/C20H26FNO7/c21-13-4-12-14(15(12)20(13,22)17(24)25)16(23)27-8-28-18(26)29-19-5-9-1-10(6-19)3-11(2-9)7-19/h9-15H,1-8,22H2,(H,24,25)/t9?,10?,11?,12?,13-,14+,15-,19?,20-/m0/s1. The number of carboxylic acid groups (broad SMARTS) is 1. The molecule has 6 aliphatic carbocycles. The molecule has 4 bridgehead atoms. The summed E-state index contributed by atoms with van der Waals surface area (Å²) >= 11 is 0. The first-order valence-electron chi connectivity index (χ1n) is 10.4. The highest BCUT2D eigenvalue weighted by molar-refractivity contribution is 5.86. The quantitative estimate of drug-likeness (QED) is 0.520. The zero-order valence-corrected chi connectivity index (χ0v) is 16.1. The number of hydrogen-bond donors (Lipinski definition) is 2. The van der Waals surface area contributed by atoms with E-state index in [9.17, 15) is 23.9 Å². The molecule has 0 amide bonds. The second-order valence-corrected chi connectivity index (χ2v) is 9.84. The first-order valence-corrected chi connectivity index (χ1v) is 10.4. The number of nitrogens with two attached hydrogens (primary N) is 1. The third kappa shape index (κ3) is 2.92. The lowest BCUT2D eigenvalue weighted by Crippen LogP contribution is -2.56. The van der Waals surface area contributed by atoms with Crippen molar-refractivity contribution >= 4 is 18.1 Å². The third-order valence-electron chi connectivity index (χ3n) is 8.02. The molecule has 6 fully saturated rings. The van der Waals surface area contributed by atoms with Gasteiger partial charge in [0.05, 0.1) is 5.92 Å². The molecule has 29 heavy (non-hydrogen) atoms. The Bertz CT molecular complexity index is 722. The smallest absolute Gasteiger partial charge is 0.480 e. The van der Waals surface area contributed by atoms with Crippen molar-refractivity contribution in [1.82, 2.24) is 0 Å². The van der Waals surface area contributed by atoms with Gasteiger partial charge in [0.15, 0.2) is 0 Å². The molecule has 3 N–H and O–H groups in total. The number of halogens is 1. The molecule has 8 nitrogen and oxygen atoms in total. The summed E-state index contributed by atoms with van der Waals surface area (Å²) in [6.45, 7) is -0.607. The monoisotopic (exact) mass is 411 g/mol. The molecule has 0 aromatic carbocycles. The van der Waals surface area contributed by atoms with Crippen LogP contribution in [0.4, 0.5) is 9.18 Å². The first-order chi connectivity index (χ1) is 13.7. The minimum atomic E-state index is -2.06. The zero-order valence-electron chi connectivity index (χ0n) is 16.1. The van der Waals surface area contributed by atoms with Gasteiger partial charge in [-0.3, -0.25) is 9.59 Å². The molecule has 0 heterocycles. The Morgan fingerprint density at radius 2 is 1.59 bits per heavy atom. The molecular weight excluding hydrogens is 385 g/mol. The van der Waals surface area contributed by atoms with Gasteiger partial charge in [0.2, 0.25) is 6.79 Å². The molecule has 0 aliphatic heterocycles. The predicted molar refractivity (Wildman–Crippen MR) is 94.0 cm³/mol. The maximum atomic E-state index is 13.9. The van der Waals surface area contributed by atoms with Crippen molar-refractivity contribution in [3.8, 4) is 0 Å². The Balaban J connectivity index is 1.10. The van der Waals surface area contributed by atoms with E-state index >= 15 is 0 Å². The fourth-order valence-corrected chi connectivity index (χ4v) is 7.15. The average molecular weight is 411 g/mol. The van der Waals surface area contributed by atoms with E-state index in [1.165, 1.54) is 19.3 Å². The largest absolute Gasteiger partial charge is 0.511 e. The summed E-state index contributed by atoms with van der Waals surface area (Å²) in [6, 6.07) is 0. The number of alkyl halides is 1. The van der Waals surface area contributed by atoms with Gasteiger partial charge in [-0.25, -0.2) is 9.18 Å². The van der Waals surface area contributed by atoms with Crippen LogP contribution in [0.3, 0.4) is 0 Å². The second kappa shape index (κ2) is 6.30. The van der Waals surface area contributed by atoms with Gasteiger partial charge in [0.1, 0.15) is 17.3 Å². The maximum Gasteiger partial charge on any atom is 0.511 e. The fraction of sp³-hybridized carbons (Fsp3) is 0.850. The van der Waals surface area contributed by atoms with Crippen molar-refractivity contribution in [1.29, 1.82) is 0 Å². The Kier molecular flexibility index (Phi) is 4.14. The topological polar surface area (TPSA) is 125 Å². The summed E-state index contributed by atoms with van der Waals surface area (Å²) in [5, 5.41) is 9.23. The number of ether oxygens (including phenoxy) is 3. The van der Waals surface area contributed by atoms with Crippen LogP contribution in [0.25, 0.3) is 0 Å². The lowest BCUT2D eigenvalue weighted by Gasteiger charge is -2.55. The highest BCUT2D eigenvalue weighted by atomic mass is 19.1. The molecule has 0 radical (unpaired) electrons. The van der Waals surface area contributed by atoms with Gasteiger partial charge in [-0.2, -0.15) is 0 Å². The minimum absolute atomic E-state index is 0.0812. The minimum Gasteiger partial charge on any atom is -0.480 e. The van der Waals surface area contributed by atoms with Crippen molar-refractivity contribution in [2.75, 3.05) is 6.79 Å². The van der Waals surface area contributed by atoms with Crippen LogP contribution in [0.15, 0.2) is 0 Å². The second-order valence-electron chi connectivity index (χ2n) is 9.84. The van der Waals surface area contributed by atoms with Gasteiger partial charge in [-0.1, -0.05) is 0 Å². The molecular formula is C20H26FNO7. The summed E-state index contributed by atoms with van der Waals surface area (Å²) in [5.74, 6) is -2.33. The maximum absolute atomic E-state index is 13.9. The van der Waals surface area contributed by atoms with Crippen LogP contribution in [0.2, 0.25) is 0 Å². The molecule has 9 heteroatoms. The normalized spacial score (nSPS) is 48.7. The summed E-state index contributed by atoms with van der Waals surface area (Å²) in [7, 11) is 0. The number of carboxylic acids is 1. The molecule has 0 aromatic heterocycles. The van der Waals surface area contributed by atoms with Crippen LogP contribution in [0.5, 0.6) is 0 Å². The van der Waals surface area contributed by atoms with E-state index in [0.717, 1.165) is 19.3 Å². The molecule has 6 rings (SSSR count). The van der Waals surface area contributed by atoms with Gasteiger partial charge in [-0.15, -0.1) is 0 Å². The van der Waals surface area contributed by atoms with E-state index in [4.69, 9.17) is 19.9 Å². The molecule has 160 valence electrons. The van der Waals surface area contributed by atoms with Crippen molar-refractivity contribution in [2.24, 2.45) is 41.2 Å². The van der Waals surface area contributed by atoms with Crippen LogP contribution in [-0.2, 0) is 23.8 Å². The predicted octanol–water partition coefficient (Wildman–Crippen LogP) is 2.00. The number of hydrogen-bond acceptors (Lipinski definition) is 7. The Hall–Kier alpha value is -1.90. The molecule has 1 unspecified atom stereocenters. The van der Waals surface area contributed by atoms with Gasteiger partial charge < -0.3 is 25.1 Å². The van der Waals surface area contributed by atoms with E-state index in [1.807, 2.05) is 0 Å². The Morgan fingerprint density at radius 1 is 1.00 bits per heavy atom. The van der Waals surface area contributed by atoms with E-state index < -0.39 is 60.0 Å². The molecule has 0 aromatic rings. The highest BCUT2D eigenvalue weighted by Gasteiger charge is 2.74. The Labute approximate surface area is 167 Å². The van der Waals surface area contributed by atoms with Gasteiger partial charge in [0.25, 0.3) is 0 Å². The lowest BCUT2D eigenvalue weighted by atomic mass is 9.54. The van der Waals surface area contributed by atoms with E-state index in [-0.39, 0.29) is 6.42 Å². The SMILES string of the molecule is N[C@@]1(C(=O)O)[C@@H](F)CC2[C@@H](C(=O)OCOC(=O)OC34CC5CC(CC(C5)C3)C4)[C@H]21. The first kappa shape index (κ1) is 19.1. The summed E-state index contributed by atoms with van der Waals surface area (Å²) < 4.78 is 29.5. The lowest BCUT2D eigenvalue weighted by molar-refractivity contribution is -0.166. The number of esters is 1. The van der Waals surface area contributed by atoms with Crippen LogP contribution in [0.1, 0.15) is 44.9 Å². The average Bonchev–Trinajstić information content (AvgIpc) is 3.26. The van der Waals surface area contributed by atoms with Crippen molar-refractivity contribution in [2.45, 2.75) is 62.3 Å². The summed E-state index contributed by atoms with van der Waals surface area (Å²) in [6.07, 6.45) is 3.66. The van der Waals surface area contributed by atoms with E-state index in [0.29, 0.717) is 17.8 Å². The van der Waals surface area contributed by atoms with Crippen LogP contribution >= 0.6 is 0 Å². The van der Waals surface area contributed by atoms with Gasteiger partial charge >= 0.3 is 18.1 Å². The van der Waals surface area contributed by atoms with Gasteiger partial charge in [0, 0.05) is 5.92 Å². The van der Waals surface area contributed by atoms with E-state index in [2.05, 4.69) is 0 Å². The number of carbonyl (C=O) groups excluding carboxylic acids is 2. The number of rotatable bonds is 5. The van der Waals surface area contributed by atoms with Crippen LogP contribution < -0.4 is 5.73 Å². The Morgan fingerprint density at radius 3 is 2.14 bits per heavy atom. The fourth-order valence-electron chi connectivity index (χ4n) is 7.15. The number of fused-ring (bicyclic) bond motifs is 1. The number of carbonyl (C=O) groups is 3. The molecule has 0 saturated heterocycles.